The molecule has 7 nitrogen and oxygen atoms in total. The summed E-state index contributed by atoms with van der Waals surface area (Å²) in [5.74, 6) is 0.590. The third-order valence-corrected chi connectivity index (χ3v) is 5.15. The number of aromatic nitrogens is 2. The smallest absolute Gasteiger partial charge is 0.324 e. The van der Waals surface area contributed by atoms with Gasteiger partial charge < -0.3 is 15.4 Å². The highest BCUT2D eigenvalue weighted by Crippen LogP contribution is 2.39. The SMILES string of the molecule is CC(=O)Nc1cnc(Oc2c(Br)cc(Br)cc2Br)nc1Nc1ccc(C#N)cc1. The molecule has 0 bridgehead atoms. The lowest BCUT2D eigenvalue weighted by atomic mass is 10.2. The van der Waals surface area contributed by atoms with Gasteiger partial charge in [0.1, 0.15) is 5.69 Å². The fourth-order valence-corrected chi connectivity index (χ4v) is 4.69. The minimum absolute atomic E-state index is 0.0824. The van der Waals surface area contributed by atoms with Crippen molar-refractivity contribution in [2.75, 3.05) is 10.6 Å². The zero-order chi connectivity index (χ0) is 21.0. The molecule has 1 aromatic heterocycles. The van der Waals surface area contributed by atoms with Gasteiger partial charge in [0.15, 0.2) is 11.6 Å². The second-order valence-electron chi connectivity index (χ2n) is 5.71. The number of hydrogen-bond donors (Lipinski definition) is 2. The number of ether oxygens (including phenoxy) is 1. The van der Waals surface area contributed by atoms with Gasteiger partial charge in [-0.1, -0.05) is 15.9 Å². The molecule has 0 aliphatic rings. The first-order valence-corrected chi connectivity index (χ1v) is 10.5. The lowest BCUT2D eigenvalue weighted by Gasteiger charge is -2.14. The fraction of sp³-hybridized carbons (Fsp3) is 0.0526. The van der Waals surface area contributed by atoms with E-state index in [1.807, 2.05) is 12.1 Å². The van der Waals surface area contributed by atoms with Crippen LogP contribution >= 0.6 is 47.8 Å². The Kier molecular flexibility index (Phi) is 6.84. The average Bonchev–Trinajstić information content (AvgIpc) is 2.67. The van der Waals surface area contributed by atoms with Crippen LogP contribution in [0.4, 0.5) is 17.2 Å². The number of nitrogens with one attached hydrogen (secondary N) is 2. The maximum absolute atomic E-state index is 11.5. The topological polar surface area (TPSA) is 99.9 Å². The molecule has 3 rings (SSSR count). The Hall–Kier alpha value is -2.48. The van der Waals surface area contributed by atoms with Gasteiger partial charge in [-0.15, -0.1) is 0 Å². The molecule has 1 amide bonds. The quantitative estimate of drug-likeness (QED) is 0.376. The number of hydrogen-bond acceptors (Lipinski definition) is 6. The Morgan fingerprint density at radius 3 is 2.38 bits per heavy atom. The van der Waals surface area contributed by atoms with Crippen LogP contribution in [0.3, 0.4) is 0 Å². The highest BCUT2D eigenvalue weighted by Gasteiger charge is 2.14. The summed E-state index contributed by atoms with van der Waals surface area (Å²) in [6, 6.07) is 12.6. The number of carbonyl (C=O) groups excluding carboxylic acids is 1. The van der Waals surface area contributed by atoms with Crippen molar-refractivity contribution in [1.82, 2.24) is 9.97 Å². The Morgan fingerprint density at radius 2 is 1.79 bits per heavy atom. The van der Waals surface area contributed by atoms with Crippen molar-refractivity contribution in [2.45, 2.75) is 6.92 Å². The normalized spacial score (nSPS) is 10.2. The van der Waals surface area contributed by atoms with E-state index in [2.05, 4.69) is 74.5 Å². The molecule has 0 saturated carbocycles. The van der Waals surface area contributed by atoms with Crippen molar-refractivity contribution in [3.8, 4) is 17.8 Å². The van der Waals surface area contributed by atoms with Crippen molar-refractivity contribution in [3.63, 3.8) is 0 Å². The number of nitriles is 1. The molecule has 3 aromatic rings. The summed E-state index contributed by atoms with van der Waals surface area (Å²) in [5, 5.41) is 14.7. The molecule has 0 saturated heterocycles. The molecule has 0 radical (unpaired) electrons. The highest BCUT2D eigenvalue weighted by atomic mass is 79.9. The second kappa shape index (κ2) is 9.35. The molecule has 146 valence electrons. The summed E-state index contributed by atoms with van der Waals surface area (Å²) in [5.41, 5.74) is 1.61. The Balaban J connectivity index is 1.95. The van der Waals surface area contributed by atoms with Gasteiger partial charge in [0, 0.05) is 17.1 Å². The van der Waals surface area contributed by atoms with Gasteiger partial charge in [-0.2, -0.15) is 10.2 Å². The molecule has 29 heavy (non-hydrogen) atoms. The fourth-order valence-electron chi connectivity index (χ4n) is 2.27. The van der Waals surface area contributed by atoms with Crippen molar-refractivity contribution in [3.05, 3.63) is 61.6 Å². The number of amides is 1. The second-order valence-corrected chi connectivity index (χ2v) is 8.34. The summed E-state index contributed by atoms with van der Waals surface area (Å²) < 4.78 is 8.11. The molecule has 0 unspecified atom stereocenters. The largest absolute Gasteiger partial charge is 0.422 e. The van der Waals surface area contributed by atoms with Gasteiger partial charge in [0.05, 0.1) is 26.8 Å². The first-order chi connectivity index (χ1) is 13.9. The average molecular weight is 582 g/mol. The van der Waals surface area contributed by atoms with Crippen LogP contribution in [0.15, 0.2) is 56.0 Å². The molecule has 0 spiro atoms. The third-order valence-electron chi connectivity index (χ3n) is 3.51. The first kappa shape index (κ1) is 21.2. The van der Waals surface area contributed by atoms with Crippen LogP contribution in [0.2, 0.25) is 0 Å². The van der Waals surface area contributed by atoms with Crippen LogP contribution in [-0.2, 0) is 4.79 Å². The molecule has 0 aliphatic carbocycles. The van der Waals surface area contributed by atoms with E-state index in [1.165, 1.54) is 13.1 Å². The molecule has 1 heterocycles. The molecule has 0 atom stereocenters. The number of nitrogens with zero attached hydrogens (tertiary/aromatic N) is 3. The third kappa shape index (κ3) is 5.53. The van der Waals surface area contributed by atoms with Gasteiger partial charge in [-0.3, -0.25) is 4.79 Å². The predicted octanol–water partition coefficient (Wildman–Crippen LogP) is 6.13. The molecular formula is C19H12Br3N5O2. The number of anilines is 3. The van der Waals surface area contributed by atoms with Crippen LogP contribution in [-0.4, -0.2) is 15.9 Å². The maximum Gasteiger partial charge on any atom is 0.324 e. The summed E-state index contributed by atoms with van der Waals surface area (Å²) in [4.78, 5) is 20.1. The highest BCUT2D eigenvalue weighted by molar-refractivity contribution is 9.11. The van der Waals surface area contributed by atoms with Crippen molar-refractivity contribution >= 4 is 70.9 Å². The van der Waals surface area contributed by atoms with Crippen LogP contribution in [0.1, 0.15) is 12.5 Å². The van der Waals surface area contributed by atoms with Crippen LogP contribution in [0.5, 0.6) is 11.8 Å². The lowest BCUT2D eigenvalue weighted by molar-refractivity contribution is -0.114. The number of halogens is 3. The van der Waals surface area contributed by atoms with E-state index in [1.54, 1.807) is 24.3 Å². The molecule has 0 fully saturated rings. The molecule has 10 heteroatoms. The summed E-state index contributed by atoms with van der Waals surface area (Å²) in [7, 11) is 0. The number of benzene rings is 2. The maximum atomic E-state index is 11.5. The van der Waals surface area contributed by atoms with Gasteiger partial charge in [0.25, 0.3) is 0 Å². The van der Waals surface area contributed by atoms with E-state index in [-0.39, 0.29) is 11.9 Å². The standard InChI is InChI=1S/C19H12Br3N5O2/c1-10(28)25-16-9-24-19(29-17-14(21)6-12(20)7-15(17)22)27-18(16)26-13-4-2-11(8-23)3-5-13/h2-7,9H,1H3,(H,25,28)(H,24,26,27). The predicted molar refractivity (Wildman–Crippen MR) is 120 cm³/mol. The van der Waals surface area contributed by atoms with Crippen LogP contribution in [0.25, 0.3) is 0 Å². The molecule has 0 aliphatic heterocycles. The Bertz CT molecular complexity index is 1090. The molecule has 2 aromatic carbocycles. The van der Waals surface area contributed by atoms with Gasteiger partial charge in [-0.25, -0.2) is 4.98 Å². The summed E-state index contributed by atoms with van der Waals surface area (Å²) >= 11 is 10.3. The van der Waals surface area contributed by atoms with Crippen molar-refractivity contribution in [2.24, 2.45) is 0 Å². The Labute approximate surface area is 191 Å². The molecule has 2 N–H and O–H groups in total. The lowest BCUT2D eigenvalue weighted by Crippen LogP contribution is -2.10. The first-order valence-electron chi connectivity index (χ1n) is 8.10. The minimum atomic E-state index is -0.261. The van der Waals surface area contributed by atoms with Gasteiger partial charge >= 0.3 is 6.01 Å². The monoisotopic (exact) mass is 579 g/mol. The number of carbonyl (C=O) groups is 1. The molecular weight excluding hydrogens is 570 g/mol. The van der Waals surface area contributed by atoms with Crippen LogP contribution < -0.4 is 15.4 Å². The van der Waals surface area contributed by atoms with E-state index < -0.39 is 0 Å². The van der Waals surface area contributed by atoms with E-state index >= 15 is 0 Å². The van der Waals surface area contributed by atoms with E-state index in [0.29, 0.717) is 37.5 Å². The van der Waals surface area contributed by atoms with Gasteiger partial charge in [0.2, 0.25) is 5.91 Å². The zero-order valence-electron chi connectivity index (χ0n) is 14.8. The van der Waals surface area contributed by atoms with Crippen molar-refractivity contribution < 1.29 is 9.53 Å². The zero-order valence-corrected chi connectivity index (χ0v) is 19.6. The van der Waals surface area contributed by atoms with Gasteiger partial charge in [-0.05, 0) is 68.3 Å². The van der Waals surface area contributed by atoms with E-state index in [4.69, 9.17) is 10.00 Å². The van der Waals surface area contributed by atoms with Crippen LogP contribution in [0, 0.1) is 11.3 Å². The summed E-state index contributed by atoms with van der Waals surface area (Å²) in [6.45, 7) is 1.39. The van der Waals surface area contributed by atoms with Crippen molar-refractivity contribution in [1.29, 1.82) is 5.26 Å². The Morgan fingerprint density at radius 1 is 1.14 bits per heavy atom. The summed E-state index contributed by atoms with van der Waals surface area (Å²) in [6.07, 6.45) is 1.45. The van der Waals surface area contributed by atoms with E-state index in [9.17, 15) is 4.79 Å². The minimum Gasteiger partial charge on any atom is -0.422 e. The van der Waals surface area contributed by atoms with E-state index in [0.717, 1.165) is 4.47 Å². The number of rotatable bonds is 5.